The molecule has 0 radical (unpaired) electrons. The Kier molecular flexibility index (Phi) is 13.1. The lowest BCUT2D eigenvalue weighted by atomic mass is 9.88. The molecule has 13 heteroatoms. The number of carbonyl (C=O) groups excluding carboxylic acids is 2. The van der Waals surface area contributed by atoms with Gasteiger partial charge in [-0.15, -0.1) is 12.4 Å². The van der Waals surface area contributed by atoms with E-state index in [1.54, 1.807) is 11.0 Å². The number of Topliss-reactive ketones (excluding diaryl/α,β-unsaturated/α-hetero) is 1. The molecular formula is C37H54Cl3N7O3. The number of aromatic nitrogens is 4. The first-order chi connectivity index (χ1) is 23.0. The normalized spacial score (nSPS) is 25.2. The smallest absolute Gasteiger partial charge is 0.410 e. The van der Waals surface area contributed by atoms with Crippen LogP contribution in [0.4, 0.5) is 10.6 Å². The molecule has 6 atom stereocenters. The van der Waals surface area contributed by atoms with Crippen molar-refractivity contribution < 1.29 is 14.3 Å². The Hall–Kier alpha value is -2.66. The summed E-state index contributed by atoms with van der Waals surface area (Å²) in [5.74, 6) is 1.67. The van der Waals surface area contributed by atoms with Crippen LogP contribution >= 0.6 is 35.6 Å². The molecule has 0 spiro atoms. The van der Waals surface area contributed by atoms with Gasteiger partial charge in [0.1, 0.15) is 22.7 Å². The van der Waals surface area contributed by atoms with Gasteiger partial charge < -0.3 is 14.5 Å². The van der Waals surface area contributed by atoms with Crippen LogP contribution in [0, 0.1) is 18.8 Å². The second kappa shape index (κ2) is 16.3. The Morgan fingerprint density at radius 3 is 2.36 bits per heavy atom. The Morgan fingerprint density at radius 2 is 1.72 bits per heavy atom. The molecule has 3 aliphatic heterocycles. The summed E-state index contributed by atoms with van der Waals surface area (Å²) in [6.45, 7) is 22.0. The fourth-order valence-corrected chi connectivity index (χ4v) is 7.97. The average Bonchev–Trinajstić information content (AvgIpc) is 3.67. The maximum absolute atomic E-state index is 11.9. The van der Waals surface area contributed by atoms with Crippen molar-refractivity contribution in [2.24, 2.45) is 11.8 Å². The number of fused-ring (bicyclic) bond motifs is 1. The molecule has 0 bridgehead atoms. The molecule has 1 aromatic carbocycles. The lowest BCUT2D eigenvalue weighted by Crippen LogP contribution is -2.53. The number of likely N-dealkylation sites (tertiary alicyclic amines) is 2. The molecule has 2 aromatic heterocycles. The molecule has 276 valence electrons. The number of hydrogen-bond donors (Lipinski definition) is 0. The predicted molar refractivity (Wildman–Crippen MR) is 204 cm³/mol. The maximum atomic E-state index is 11.9. The molecule has 5 heterocycles. The number of aryl methyl sites for hydroxylation is 1. The van der Waals surface area contributed by atoms with Crippen molar-refractivity contribution in [3.05, 3.63) is 45.7 Å². The van der Waals surface area contributed by atoms with Gasteiger partial charge in [0.2, 0.25) is 0 Å². The number of carbonyl (C=O) groups is 2. The van der Waals surface area contributed by atoms with Crippen LogP contribution < -0.4 is 4.90 Å². The molecule has 3 fully saturated rings. The quantitative estimate of drug-likeness (QED) is 0.263. The summed E-state index contributed by atoms with van der Waals surface area (Å²) in [6.07, 6.45) is 5.86. The van der Waals surface area contributed by atoms with Gasteiger partial charge in [-0.3, -0.25) is 9.69 Å². The van der Waals surface area contributed by atoms with Crippen LogP contribution in [0.3, 0.4) is 0 Å². The first-order valence-corrected chi connectivity index (χ1v) is 18.5. The number of rotatable bonds is 4. The van der Waals surface area contributed by atoms with E-state index in [0.29, 0.717) is 41.0 Å². The summed E-state index contributed by atoms with van der Waals surface area (Å²) in [6, 6.07) is 6.53. The Morgan fingerprint density at radius 1 is 1.04 bits per heavy atom. The number of anilines is 1. The second-order valence-corrected chi connectivity index (χ2v) is 16.2. The molecular weight excluding hydrogens is 697 g/mol. The number of halogens is 3. The fraction of sp³-hybridized carbons (Fsp3) is 0.649. The maximum Gasteiger partial charge on any atom is 0.410 e. The third-order valence-corrected chi connectivity index (χ3v) is 10.7. The SMILES string of the molecule is CC1CN(C(=O)OC(C)(C)C)[C@@H](C)CC1=O.Cc1nn([C@H](C)c2ccc(Cl)cc2Cl)c2nc(N3CC(C)C(N4CCCC4)C[C@@H]3C)cnc12.Cl. The highest BCUT2D eigenvalue weighted by Crippen LogP contribution is 2.34. The fourth-order valence-electron chi connectivity index (χ4n) is 7.40. The topological polar surface area (TPSA) is 96.7 Å². The van der Waals surface area contributed by atoms with Crippen molar-refractivity contribution in [2.45, 2.75) is 118 Å². The number of ketones is 1. The molecule has 0 N–H and O–H groups in total. The Balaban J connectivity index is 0.000000281. The average molecular weight is 751 g/mol. The van der Waals surface area contributed by atoms with Gasteiger partial charge in [-0.1, -0.05) is 43.1 Å². The second-order valence-electron chi connectivity index (χ2n) is 15.4. The van der Waals surface area contributed by atoms with Crippen LogP contribution in [0.2, 0.25) is 10.0 Å². The number of hydrogen-bond acceptors (Lipinski definition) is 8. The van der Waals surface area contributed by atoms with Gasteiger partial charge in [0.25, 0.3) is 0 Å². The number of amides is 1. The van der Waals surface area contributed by atoms with Crippen molar-refractivity contribution in [1.29, 1.82) is 0 Å². The molecule has 1 amide bonds. The largest absolute Gasteiger partial charge is 0.444 e. The first-order valence-electron chi connectivity index (χ1n) is 17.7. The highest BCUT2D eigenvalue weighted by Gasteiger charge is 2.37. The van der Waals surface area contributed by atoms with E-state index in [0.717, 1.165) is 41.2 Å². The van der Waals surface area contributed by atoms with Crippen LogP contribution in [0.5, 0.6) is 0 Å². The minimum Gasteiger partial charge on any atom is -0.444 e. The lowest BCUT2D eigenvalue weighted by molar-refractivity contribution is -0.126. The zero-order valence-electron chi connectivity index (χ0n) is 30.9. The van der Waals surface area contributed by atoms with Crippen molar-refractivity contribution in [3.8, 4) is 0 Å². The minimum atomic E-state index is -0.485. The van der Waals surface area contributed by atoms with Crippen molar-refractivity contribution >= 4 is 64.5 Å². The third-order valence-electron chi connectivity index (χ3n) is 10.2. The summed E-state index contributed by atoms with van der Waals surface area (Å²) in [4.78, 5) is 40.0. The predicted octanol–water partition coefficient (Wildman–Crippen LogP) is 8.39. The molecule has 3 aliphatic rings. The molecule has 3 aromatic rings. The summed E-state index contributed by atoms with van der Waals surface area (Å²) in [5.41, 5.74) is 2.98. The molecule has 3 saturated heterocycles. The molecule has 10 nitrogen and oxygen atoms in total. The van der Waals surface area contributed by atoms with Gasteiger partial charge in [-0.2, -0.15) is 5.10 Å². The van der Waals surface area contributed by atoms with Gasteiger partial charge in [0.05, 0.1) is 17.9 Å². The zero-order chi connectivity index (χ0) is 35.8. The van der Waals surface area contributed by atoms with E-state index in [1.165, 1.54) is 25.9 Å². The summed E-state index contributed by atoms with van der Waals surface area (Å²) in [7, 11) is 0. The van der Waals surface area contributed by atoms with Gasteiger partial charge >= 0.3 is 6.09 Å². The third kappa shape index (κ3) is 9.03. The van der Waals surface area contributed by atoms with Crippen LogP contribution in [-0.4, -0.2) is 91.3 Å². The first kappa shape index (κ1) is 40.1. The standard InChI is InChI=1S/C25H32Cl2N6.C12H21NO3.ClH/c1-15-14-32(16(2)11-22(15)31-9-5-6-10-31)23-13-28-24-17(3)30-33(25(24)29-23)18(4)20-8-7-19(26)12-21(20)27;1-8-7-13(9(2)6-10(8)14)11(15)16-12(3,4)5;/h7-8,12-13,15-16,18,22H,5-6,9-11,14H2,1-4H3;8-9H,6-7H2,1-5H3;1H/t15?,16-,18+,22?;8?,9-;/m00./s1. The molecule has 3 unspecified atom stereocenters. The highest BCUT2D eigenvalue weighted by atomic mass is 35.5. The Bertz CT molecular complexity index is 1650. The highest BCUT2D eigenvalue weighted by molar-refractivity contribution is 6.35. The van der Waals surface area contributed by atoms with E-state index in [-0.39, 0.29) is 42.3 Å². The van der Waals surface area contributed by atoms with Crippen LogP contribution in [0.25, 0.3) is 11.2 Å². The molecule has 0 aliphatic carbocycles. The number of piperidine rings is 2. The number of ether oxygens (including phenoxy) is 1. The summed E-state index contributed by atoms with van der Waals surface area (Å²) >= 11 is 12.6. The van der Waals surface area contributed by atoms with E-state index in [2.05, 4.69) is 30.6 Å². The Labute approximate surface area is 313 Å². The van der Waals surface area contributed by atoms with E-state index < -0.39 is 5.60 Å². The van der Waals surface area contributed by atoms with Crippen molar-refractivity contribution in [3.63, 3.8) is 0 Å². The van der Waals surface area contributed by atoms with Gasteiger partial charge in [0.15, 0.2) is 5.65 Å². The minimum absolute atomic E-state index is 0. The lowest BCUT2D eigenvalue weighted by Gasteiger charge is -2.45. The monoisotopic (exact) mass is 749 g/mol. The zero-order valence-corrected chi connectivity index (χ0v) is 33.3. The van der Waals surface area contributed by atoms with Crippen LogP contribution in [0.15, 0.2) is 24.4 Å². The van der Waals surface area contributed by atoms with Gasteiger partial charge in [0, 0.05) is 53.6 Å². The molecule has 6 rings (SSSR count). The van der Waals surface area contributed by atoms with Crippen LogP contribution in [-0.2, 0) is 9.53 Å². The van der Waals surface area contributed by atoms with E-state index in [9.17, 15) is 9.59 Å². The van der Waals surface area contributed by atoms with Crippen LogP contribution in [0.1, 0.15) is 98.4 Å². The van der Waals surface area contributed by atoms with E-state index >= 15 is 0 Å². The van der Waals surface area contributed by atoms with E-state index in [1.807, 2.05) is 64.6 Å². The van der Waals surface area contributed by atoms with Crippen molar-refractivity contribution in [2.75, 3.05) is 31.1 Å². The number of nitrogens with zero attached hydrogens (tertiary/aromatic N) is 7. The van der Waals surface area contributed by atoms with E-state index in [4.69, 9.17) is 43.0 Å². The van der Waals surface area contributed by atoms with Crippen molar-refractivity contribution in [1.82, 2.24) is 29.5 Å². The summed E-state index contributed by atoms with van der Waals surface area (Å²) in [5, 5.41) is 6.05. The van der Waals surface area contributed by atoms with Gasteiger partial charge in [-0.05, 0) is 104 Å². The summed E-state index contributed by atoms with van der Waals surface area (Å²) < 4.78 is 7.25. The molecule has 0 saturated carbocycles. The molecule has 50 heavy (non-hydrogen) atoms. The number of benzene rings is 1. The van der Waals surface area contributed by atoms with Gasteiger partial charge in [-0.25, -0.2) is 19.4 Å².